The Kier molecular flexibility index (Phi) is 4.45. The number of hydrogen-bond acceptors (Lipinski definition) is 4. The molecule has 16 heavy (non-hydrogen) atoms. The number of carbonyl (C=O) groups excluding carboxylic acids is 1. The van der Waals surface area contributed by atoms with Crippen molar-refractivity contribution >= 4 is 21.9 Å². The molecule has 0 bridgehead atoms. The zero-order valence-electron chi connectivity index (χ0n) is 9.35. The first-order valence-corrected chi connectivity index (χ1v) is 6.06. The second-order valence-electron chi connectivity index (χ2n) is 4.09. The molecule has 0 aromatic rings. The van der Waals surface area contributed by atoms with Crippen LogP contribution in [0.5, 0.6) is 0 Å². The van der Waals surface area contributed by atoms with Crippen molar-refractivity contribution in [2.24, 2.45) is 11.1 Å². The fourth-order valence-corrected chi connectivity index (χ4v) is 1.70. The largest absolute Gasteiger partial charge is 0.480 e. The molecule has 0 fully saturated rings. The summed E-state index contributed by atoms with van der Waals surface area (Å²) in [6.45, 7) is 3.73. The lowest BCUT2D eigenvalue weighted by atomic mass is 9.93. The van der Waals surface area contributed by atoms with E-state index < -0.39 is 32.6 Å². The summed E-state index contributed by atoms with van der Waals surface area (Å²) in [5, 5.41) is 6.97. The second-order valence-corrected chi connectivity index (χ2v) is 6.18. The SMILES string of the molecule is CC(C(=O)O)S(=O)(=O)NCC(C)(C)C(N)=O. The minimum atomic E-state index is -3.98. The number of nitrogens with two attached hydrogens (primary N) is 1. The van der Waals surface area contributed by atoms with Crippen molar-refractivity contribution in [3.8, 4) is 0 Å². The molecule has 94 valence electrons. The highest BCUT2D eigenvalue weighted by Crippen LogP contribution is 2.13. The van der Waals surface area contributed by atoms with E-state index in [0.29, 0.717) is 0 Å². The van der Waals surface area contributed by atoms with Crippen molar-refractivity contribution in [2.75, 3.05) is 6.54 Å². The van der Waals surface area contributed by atoms with Gasteiger partial charge in [0.2, 0.25) is 15.9 Å². The van der Waals surface area contributed by atoms with Crippen LogP contribution in [0.25, 0.3) is 0 Å². The molecular weight excluding hydrogens is 236 g/mol. The van der Waals surface area contributed by atoms with Crippen molar-refractivity contribution in [1.82, 2.24) is 4.72 Å². The van der Waals surface area contributed by atoms with E-state index >= 15 is 0 Å². The number of carbonyl (C=O) groups is 2. The molecule has 0 saturated heterocycles. The van der Waals surface area contributed by atoms with E-state index in [9.17, 15) is 18.0 Å². The van der Waals surface area contributed by atoms with E-state index in [1.54, 1.807) is 0 Å². The van der Waals surface area contributed by atoms with Gasteiger partial charge in [0.15, 0.2) is 5.25 Å². The maximum Gasteiger partial charge on any atom is 0.323 e. The van der Waals surface area contributed by atoms with Crippen molar-refractivity contribution in [3.63, 3.8) is 0 Å². The summed E-state index contributed by atoms with van der Waals surface area (Å²) in [6.07, 6.45) is 0. The topological polar surface area (TPSA) is 127 Å². The number of nitrogens with one attached hydrogen (secondary N) is 1. The molecule has 1 amide bonds. The molecule has 0 heterocycles. The Balaban J connectivity index is 4.65. The lowest BCUT2D eigenvalue weighted by Crippen LogP contribution is -2.46. The average Bonchev–Trinajstić information content (AvgIpc) is 2.13. The Labute approximate surface area is 94.1 Å². The molecule has 0 aliphatic carbocycles. The minimum absolute atomic E-state index is 0.234. The number of hydrogen-bond donors (Lipinski definition) is 3. The summed E-state index contributed by atoms with van der Waals surface area (Å²) in [5.41, 5.74) is 3.98. The fourth-order valence-electron chi connectivity index (χ4n) is 0.626. The number of carboxylic acid groups (broad SMARTS) is 1. The molecule has 0 aliphatic heterocycles. The summed E-state index contributed by atoms with van der Waals surface area (Å²) in [4.78, 5) is 21.4. The number of primary amides is 1. The summed E-state index contributed by atoms with van der Waals surface area (Å²) in [6, 6.07) is 0. The first kappa shape index (κ1) is 14.8. The van der Waals surface area contributed by atoms with Crippen LogP contribution in [0.3, 0.4) is 0 Å². The quantitative estimate of drug-likeness (QED) is 0.552. The maximum atomic E-state index is 11.4. The van der Waals surface area contributed by atoms with E-state index in [4.69, 9.17) is 10.8 Å². The molecular formula is C8H16N2O5S. The van der Waals surface area contributed by atoms with E-state index in [2.05, 4.69) is 4.72 Å². The Morgan fingerprint density at radius 3 is 2.19 bits per heavy atom. The third-order valence-corrected chi connectivity index (χ3v) is 3.87. The number of carboxylic acids is 1. The number of aliphatic carboxylic acids is 1. The summed E-state index contributed by atoms with van der Waals surface area (Å²) in [7, 11) is -3.98. The van der Waals surface area contributed by atoms with Crippen molar-refractivity contribution in [3.05, 3.63) is 0 Å². The van der Waals surface area contributed by atoms with Gasteiger partial charge in [-0.2, -0.15) is 0 Å². The van der Waals surface area contributed by atoms with Gasteiger partial charge in [0.05, 0.1) is 5.41 Å². The van der Waals surface area contributed by atoms with Crippen LogP contribution >= 0.6 is 0 Å². The molecule has 1 unspecified atom stereocenters. The molecule has 0 spiro atoms. The normalized spacial score (nSPS) is 14.4. The molecule has 0 aromatic heterocycles. The van der Waals surface area contributed by atoms with Crippen LogP contribution in [0.15, 0.2) is 0 Å². The van der Waals surface area contributed by atoms with Crippen molar-refractivity contribution in [2.45, 2.75) is 26.0 Å². The lowest BCUT2D eigenvalue weighted by molar-refractivity contribution is -0.136. The minimum Gasteiger partial charge on any atom is -0.480 e. The second kappa shape index (κ2) is 4.79. The summed E-state index contributed by atoms with van der Waals surface area (Å²) < 4.78 is 24.8. The van der Waals surface area contributed by atoms with Crippen molar-refractivity contribution < 1.29 is 23.1 Å². The van der Waals surface area contributed by atoms with Gasteiger partial charge in [-0.3, -0.25) is 9.59 Å². The van der Waals surface area contributed by atoms with Crippen LogP contribution in [0, 0.1) is 5.41 Å². The Morgan fingerprint density at radius 2 is 1.88 bits per heavy atom. The van der Waals surface area contributed by atoms with Crippen LogP contribution in [0.2, 0.25) is 0 Å². The zero-order valence-corrected chi connectivity index (χ0v) is 10.2. The molecule has 0 aliphatic rings. The van der Waals surface area contributed by atoms with Crippen molar-refractivity contribution in [1.29, 1.82) is 0 Å². The van der Waals surface area contributed by atoms with E-state index in [0.717, 1.165) is 6.92 Å². The Bertz CT molecular complexity index is 387. The third-order valence-electron chi connectivity index (χ3n) is 2.20. The summed E-state index contributed by atoms with van der Waals surface area (Å²) >= 11 is 0. The smallest absolute Gasteiger partial charge is 0.323 e. The Hall–Kier alpha value is -1.15. The van der Waals surface area contributed by atoms with E-state index in [1.807, 2.05) is 0 Å². The van der Waals surface area contributed by atoms with Gasteiger partial charge in [-0.25, -0.2) is 13.1 Å². The molecule has 8 heteroatoms. The first-order valence-electron chi connectivity index (χ1n) is 4.52. The highest BCUT2D eigenvalue weighted by Gasteiger charge is 2.31. The maximum absolute atomic E-state index is 11.4. The van der Waals surface area contributed by atoms with Crippen LogP contribution in [0.1, 0.15) is 20.8 Å². The van der Waals surface area contributed by atoms with Gasteiger partial charge in [-0.05, 0) is 20.8 Å². The number of sulfonamides is 1. The predicted octanol–water partition coefficient (Wildman–Crippen LogP) is -1.11. The standard InChI is InChI=1S/C8H16N2O5S/c1-5(6(11)12)16(14,15)10-4-8(2,3)7(9)13/h5,10H,4H2,1-3H3,(H2,9,13)(H,11,12). The average molecular weight is 252 g/mol. The lowest BCUT2D eigenvalue weighted by Gasteiger charge is -2.21. The van der Waals surface area contributed by atoms with Gasteiger partial charge < -0.3 is 10.8 Å². The molecule has 4 N–H and O–H groups in total. The molecule has 0 radical (unpaired) electrons. The van der Waals surface area contributed by atoms with Gasteiger partial charge in [0, 0.05) is 6.54 Å². The van der Waals surface area contributed by atoms with Gasteiger partial charge >= 0.3 is 5.97 Å². The fraction of sp³-hybridized carbons (Fsp3) is 0.750. The van der Waals surface area contributed by atoms with E-state index in [1.165, 1.54) is 13.8 Å². The van der Waals surface area contributed by atoms with Gasteiger partial charge in [-0.1, -0.05) is 0 Å². The highest BCUT2D eigenvalue weighted by atomic mass is 32.2. The van der Waals surface area contributed by atoms with Gasteiger partial charge in [-0.15, -0.1) is 0 Å². The molecule has 0 aromatic carbocycles. The molecule has 0 saturated carbocycles. The zero-order chi connectivity index (χ0) is 13.1. The van der Waals surface area contributed by atoms with Crippen LogP contribution < -0.4 is 10.5 Å². The monoisotopic (exact) mass is 252 g/mol. The Morgan fingerprint density at radius 1 is 1.44 bits per heavy atom. The van der Waals surface area contributed by atoms with E-state index in [-0.39, 0.29) is 6.54 Å². The highest BCUT2D eigenvalue weighted by molar-refractivity contribution is 7.90. The third kappa shape index (κ3) is 3.78. The van der Waals surface area contributed by atoms with Crippen LogP contribution in [-0.2, 0) is 19.6 Å². The molecule has 7 nitrogen and oxygen atoms in total. The van der Waals surface area contributed by atoms with Crippen LogP contribution in [0.4, 0.5) is 0 Å². The summed E-state index contributed by atoms with van der Waals surface area (Å²) in [5.74, 6) is -2.12. The van der Waals surface area contributed by atoms with Gasteiger partial charge in [0.25, 0.3) is 0 Å². The first-order chi connectivity index (χ1) is 7.00. The molecule has 0 rings (SSSR count). The number of rotatable bonds is 6. The van der Waals surface area contributed by atoms with Gasteiger partial charge in [0.1, 0.15) is 0 Å². The predicted molar refractivity (Wildman–Crippen MR) is 57.0 cm³/mol. The number of amides is 1. The molecule has 1 atom stereocenters. The van der Waals surface area contributed by atoms with Crippen LogP contribution in [-0.4, -0.2) is 37.2 Å².